The molecule has 0 amide bonds. The molecule has 0 spiro atoms. The lowest BCUT2D eigenvalue weighted by Crippen LogP contribution is -2.06. The Morgan fingerprint density at radius 3 is 2.92 bits per heavy atom. The second-order valence-electron chi connectivity index (χ2n) is 2.63. The van der Waals surface area contributed by atoms with Crippen LogP contribution < -0.4 is 0 Å². The van der Waals surface area contributed by atoms with Crippen molar-refractivity contribution in [3.63, 3.8) is 0 Å². The van der Waals surface area contributed by atoms with Gasteiger partial charge in [0.05, 0.1) is 7.11 Å². The van der Waals surface area contributed by atoms with E-state index in [4.69, 9.17) is 0 Å². The monoisotopic (exact) mass is 184 g/mol. The van der Waals surface area contributed by atoms with Crippen molar-refractivity contribution in [2.24, 2.45) is 0 Å². The molecule has 0 N–H and O–H groups in total. The molecule has 1 heterocycles. The van der Waals surface area contributed by atoms with E-state index in [-0.39, 0.29) is 5.97 Å². The highest BCUT2D eigenvalue weighted by Crippen LogP contribution is 1.96. The van der Waals surface area contributed by atoms with Crippen LogP contribution in [-0.2, 0) is 16.1 Å². The third-order valence-corrected chi connectivity index (χ3v) is 1.69. The molecule has 0 aliphatic carbocycles. The van der Waals surface area contributed by atoms with Crippen molar-refractivity contribution in [3.05, 3.63) is 5.82 Å². The number of hydrogen-bond acceptors (Lipinski definition) is 5. The van der Waals surface area contributed by atoms with Crippen LogP contribution in [0.2, 0.25) is 0 Å². The molecule has 1 aromatic heterocycles. The summed E-state index contributed by atoms with van der Waals surface area (Å²) in [6.07, 6.45) is 1.09. The number of aromatic nitrogens is 4. The molecule has 6 heteroatoms. The Morgan fingerprint density at radius 1 is 1.62 bits per heavy atom. The topological polar surface area (TPSA) is 69.9 Å². The first-order valence-corrected chi connectivity index (χ1v) is 4.03. The molecular weight excluding hydrogens is 172 g/mol. The molecule has 1 aromatic rings. The number of tetrazole rings is 1. The van der Waals surface area contributed by atoms with Gasteiger partial charge in [0, 0.05) is 13.0 Å². The minimum absolute atomic E-state index is 0.203. The number of methoxy groups -OCH3 is 1. The van der Waals surface area contributed by atoms with E-state index in [1.807, 2.05) is 6.92 Å². The Morgan fingerprint density at radius 2 is 2.38 bits per heavy atom. The zero-order chi connectivity index (χ0) is 9.68. The molecule has 0 saturated carbocycles. The summed E-state index contributed by atoms with van der Waals surface area (Å²) < 4.78 is 6.16. The highest BCUT2D eigenvalue weighted by molar-refractivity contribution is 5.68. The average Bonchev–Trinajstić information content (AvgIpc) is 2.52. The van der Waals surface area contributed by atoms with E-state index < -0.39 is 0 Å². The van der Waals surface area contributed by atoms with Crippen molar-refractivity contribution in [1.29, 1.82) is 0 Å². The van der Waals surface area contributed by atoms with Crippen molar-refractivity contribution in [1.82, 2.24) is 20.2 Å². The summed E-state index contributed by atoms with van der Waals surface area (Å²) in [6.45, 7) is 2.46. The second kappa shape index (κ2) is 4.54. The van der Waals surface area contributed by atoms with Gasteiger partial charge in [-0.3, -0.25) is 4.79 Å². The third kappa shape index (κ3) is 2.81. The van der Waals surface area contributed by atoms with Crippen LogP contribution in [-0.4, -0.2) is 33.3 Å². The molecule has 0 aromatic carbocycles. The maximum atomic E-state index is 10.7. The standard InChI is InChI=1S/C7H12N4O2/c1-6-8-9-10-11(6)5-3-4-7(12)13-2/h3-5H2,1-2H3. The Hall–Kier alpha value is -1.46. The molecule has 0 saturated heterocycles. The first-order valence-electron chi connectivity index (χ1n) is 4.03. The number of carbonyl (C=O) groups is 1. The van der Waals surface area contributed by atoms with Crippen molar-refractivity contribution in [2.45, 2.75) is 26.3 Å². The van der Waals surface area contributed by atoms with Crippen molar-refractivity contribution in [2.75, 3.05) is 7.11 Å². The molecule has 0 aliphatic heterocycles. The Kier molecular flexibility index (Phi) is 3.36. The second-order valence-corrected chi connectivity index (χ2v) is 2.63. The molecule has 1 rings (SSSR count). The lowest BCUT2D eigenvalue weighted by atomic mass is 10.3. The normalized spacial score (nSPS) is 10.0. The Bertz CT molecular complexity index is 284. The number of rotatable bonds is 4. The summed E-state index contributed by atoms with van der Waals surface area (Å²) in [5.74, 6) is 0.551. The maximum absolute atomic E-state index is 10.7. The molecule has 72 valence electrons. The molecule has 0 atom stereocenters. The molecule has 0 fully saturated rings. The van der Waals surface area contributed by atoms with Crippen molar-refractivity contribution < 1.29 is 9.53 Å². The van der Waals surface area contributed by atoms with Gasteiger partial charge in [-0.15, -0.1) is 5.10 Å². The lowest BCUT2D eigenvalue weighted by molar-refractivity contribution is -0.140. The smallest absolute Gasteiger partial charge is 0.305 e. The average molecular weight is 184 g/mol. The number of carbonyl (C=O) groups excluding carboxylic acids is 1. The lowest BCUT2D eigenvalue weighted by Gasteiger charge is -2.00. The van der Waals surface area contributed by atoms with Gasteiger partial charge in [0.2, 0.25) is 0 Å². The molecular formula is C7H12N4O2. The van der Waals surface area contributed by atoms with Crippen LogP contribution in [0.4, 0.5) is 0 Å². The Balaban J connectivity index is 2.28. The number of aryl methyl sites for hydroxylation is 2. The molecule has 0 bridgehead atoms. The van der Waals surface area contributed by atoms with Gasteiger partial charge in [-0.2, -0.15) is 0 Å². The minimum atomic E-state index is -0.203. The summed E-state index contributed by atoms with van der Waals surface area (Å²) in [5.41, 5.74) is 0. The fourth-order valence-electron chi connectivity index (χ4n) is 0.931. The van der Waals surface area contributed by atoms with Gasteiger partial charge < -0.3 is 4.74 Å². The van der Waals surface area contributed by atoms with Gasteiger partial charge in [0.25, 0.3) is 0 Å². The molecule has 6 nitrogen and oxygen atoms in total. The maximum Gasteiger partial charge on any atom is 0.305 e. The third-order valence-electron chi connectivity index (χ3n) is 1.69. The minimum Gasteiger partial charge on any atom is -0.469 e. The van der Waals surface area contributed by atoms with Crippen LogP contribution in [0, 0.1) is 6.92 Å². The fourth-order valence-corrected chi connectivity index (χ4v) is 0.931. The van der Waals surface area contributed by atoms with Gasteiger partial charge in [-0.25, -0.2) is 4.68 Å². The van der Waals surface area contributed by atoms with E-state index in [0.717, 1.165) is 5.82 Å². The van der Waals surface area contributed by atoms with Crippen LogP contribution in [0.25, 0.3) is 0 Å². The van der Waals surface area contributed by atoms with E-state index in [1.165, 1.54) is 7.11 Å². The van der Waals surface area contributed by atoms with Crippen LogP contribution in [0.15, 0.2) is 0 Å². The zero-order valence-corrected chi connectivity index (χ0v) is 7.73. The fraction of sp³-hybridized carbons (Fsp3) is 0.714. The summed E-state index contributed by atoms with van der Waals surface area (Å²) in [7, 11) is 1.38. The molecule has 0 unspecified atom stereocenters. The van der Waals surface area contributed by atoms with E-state index >= 15 is 0 Å². The van der Waals surface area contributed by atoms with Gasteiger partial charge in [-0.1, -0.05) is 0 Å². The van der Waals surface area contributed by atoms with Crippen LogP contribution in [0.1, 0.15) is 18.7 Å². The van der Waals surface area contributed by atoms with Crippen LogP contribution >= 0.6 is 0 Å². The SMILES string of the molecule is COC(=O)CCCn1nnnc1C. The van der Waals surface area contributed by atoms with Gasteiger partial charge in [0.15, 0.2) is 0 Å². The summed E-state index contributed by atoms with van der Waals surface area (Å²) >= 11 is 0. The van der Waals surface area contributed by atoms with Crippen LogP contribution in [0.5, 0.6) is 0 Å². The van der Waals surface area contributed by atoms with Crippen LogP contribution in [0.3, 0.4) is 0 Å². The number of ether oxygens (including phenoxy) is 1. The van der Waals surface area contributed by atoms with Crippen molar-refractivity contribution >= 4 is 5.97 Å². The molecule has 0 radical (unpaired) electrons. The summed E-state index contributed by atoms with van der Waals surface area (Å²) in [6, 6.07) is 0. The van der Waals surface area contributed by atoms with Gasteiger partial charge >= 0.3 is 5.97 Å². The first kappa shape index (κ1) is 9.63. The van der Waals surface area contributed by atoms with E-state index in [9.17, 15) is 4.79 Å². The highest BCUT2D eigenvalue weighted by Gasteiger charge is 2.02. The largest absolute Gasteiger partial charge is 0.469 e. The summed E-state index contributed by atoms with van der Waals surface area (Å²) in [4.78, 5) is 10.7. The quantitative estimate of drug-likeness (QED) is 0.613. The van der Waals surface area contributed by atoms with E-state index in [2.05, 4.69) is 20.3 Å². The zero-order valence-electron chi connectivity index (χ0n) is 7.73. The van der Waals surface area contributed by atoms with E-state index in [1.54, 1.807) is 4.68 Å². The molecule has 13 heavy (non-hydrogen) atoms. The summed E-state index contributed by atoms with van der Waals surface area (Å²) in [5, 5.41) is 10.9. The number of esters is 1. The number of nitrogens with zero attached hydrogens (tertiary/aromatic N) is 4. The van der Waals surface area contributed by atoms with E-state index in [0.29, 0.717) is 19.4 Å². The first-order chi connectivity index (χ1) is 6.24. The number of hydrogen-bond donors (Lipinski definition) is 0. The van der Waals surface area contributed by atoms with Gasteiger partial charge in [-0.05, 0) is 23.8 Å². The predicted molar refractivity (Wildman–Crippen MR) is 43.8 cm³/mol. The van der Waals surface area contributed by atoms with Crippen molar-refractivity contribution in [3.8, 4) is 0 Å². The predicted octanol–water partition coefficient (Wildman–Crippen LogP) is -0.0653. The highest BCUT2D eigenvalue weighted by atomic mass is 16.5. The molecule has 0 aliphatic rings. The Labute approximate surface area is 75.9 Å². The van der Waals surface area contributed by atoms with Gasteiger partial charge in [0.1, 0.15) is 5.82 Å².